The second kappa shape index (κ2) is 10.6. The number of nitrogens with zero attached hydrogens (tertiary/aromatic N) is 1. The molecule has 8 heteroatoms. The lowest BCUT2D eigenvalue weighted by atomic mass is 9.96. The monoisotopic (exact) mass is 404 g/mol. The van der Waals surface area contributed by atoms with Gasteiger partial charge in [0.15, 0.2) is 0 Å². The van der Waals surface area contributed by atoms with E-state index in [9.17, 15) is 9.59 Å². The highest BCUT2D eigenvalue weighted by Gasteiger charge is 2.31. The lowest BCUT2D eigenvalue weighted by molar-refractivity contribution is -0.138. The van der Waals surface area contributed by atoms with Crippen molar-refractivity contribution in [3.8, 4) is 5.75 Å². The van der Waals surface area contributed by atoms with Gasteiger partial charge in [-0.2, -0.15) is 0 Å². The highest BCUT2D eigenvalue weighted by molar-refractivity contribution is 5.83. The largest absolute Gasteiger partial charge is 0.497 e. The van der Waals surface area contributed by atoms with E-state index in [2.05, 4.69) is 16.2 Å². The molecule has 0 spiro atoms. The first-order valence-corrected chi connectivity index (χ1v) is 10.3. The number of hydrogen-bond acceptors (Lipinski definition) is 6. The Morgan fingerprint density at radius 3 is 2.69 bits per heavy atom. The molecule has 29 heavy (non-hydrogen) atoms. The van der Waals surface area contributed by atoms with Gasteiger partial charge < -0.3 is 19.7 Å². The normalized spacial score (nSPS) is 24.6. The summed E-state index contributed by atoms with van der Waals surface area (Å²) in [7, 11) is 3.32. The van der Waals surface area contributed by atoms with Crippen LogP contribution in [-0.4, -0.2) is 69.3 Å². The van der Waals surface area contributed by atoms with E-state index >= 15 is 0 Å². The van der Waals surface area contributed by atoms with Crippen molar-refractivity contribution in [2.45, 2.75) is 37.8 Å². The number of likely N-dealkylation sites (tertiary alicyclic amines) is 1. The van der Waals surface area contributed by atoms with Crippen molar-refractivity contribution in [3.05, 3.63) is 29.8 Å². The van der Waals surface area contributed by atoms with Gasteiger partial charge in [0.05, 0.1) is 19.6 Å². The molecule has 3 unspecified atom stereocenters. The summed E-state index contributed by atoms with van der Waals surface area (Å²) in [6, 6.07) is 8.32. The van der Waals surface area contributed by atoms with Gasteiger partial charge in [-0.3, -0.25) is 20.4 Å². The Morgan fingerprint density at radius 1 is 1.21 bits per heavy atom. The van der Waals surface area contributed by atoms with E-state index in [1.54, 1.807) is 14.2 Å². The molecule has 160 valence electrons. The van der Waals surface area contributed by atoms with Crippen LogP contribution in [0, 0.1) is 5.92 Å². The third-order valence-corrected chi connectivity index (χ3v) is 5.65. The minimum atomic E-state index is -0.146. The number of amides is 2. The zero-order valence-electron chi connectivity index (χ0n) is 17.3. The first-order valence-electron chi connectivity index (χ1n) is 10.3. The molecule has 2 fully saturated rings. The van der Waals surface area contributed by atoms with Crippen molar-refractivity contribution in [2.75, 3.05) is 40.5 Å². The van der Waals surface area contributed by atoms with Crippen molar-refractivity contribution in [3.63, 3.8) is 0 Å². The van der Waals surface area contributed by atoms with E-state index in [-0.39, 0.29) is 29.8 Å². The standard InChI is InChI=1S/C21H32N4O4/c1-28-14-18-11-17(23-24-18)12-22-21(27)16-5-8-20(26)25(13-16)10-9-15-3-6-19(29-2)7-4-15/h3-4,6-7,16-18,23-24H,5,8-14H2,1-2H3,(H,22,27). The molecule has 1 aromatic carbocycles. The van der Waals surface area contributed by atoms with Crippen molar-refractivity contribution < 1.29 is 19.1 Å². The molecule has 2 saturated heterocycles. The second-order valence-corrected chi connectivity index (χ2v) is 7.79. The number of nitrogens with one attached hydrogen (secondary N) is 3. The number of benzene rings is 1. The molecule has 2 amide bonds. The molecular formula is C21H32N4O4. The molecule has 8 nitrogen and oxygen atoms in total. The van der Waals surface area contributed by atoms with E-state index in [1.807, 2.05) is 29.2 Å². The fourth-order valence-corrected chi connectivity index (χ4v) is 3.91. The number of carbonyl (C=O) groups is 2. The number of piperidine rings is 1. The molecule has 0 saturated carbocycles. The summed E-state index contributed by atoms with van der Waals surface area (Å²) >= 11 is 0. The Hall–Kier alpha value is -2.16. The van der Waals surface area contributed by atoms with Crippen LogP contribution in [0.3, 0.4) is 0 Å². The predicted molar refractivity (Wildman–Crippen MR) is 109 cm³/mol. The van der Waals surface area contributed by atoms with Crippen LogP contribution in [0.4, 0.5) is 0 Å². The zero-order chi connectivity index (χ0) is 20.6. The molecule has 0 bridgehead atoms. The number of hydrazine groups is 1. The summed E-state index contributed by atoms with van der Waals surface area (Å²) in [5, 5.41) is 3.04. The van der Waals surface area contributed by atoms with Crippen LogP contribution in [0.2, 0.25) is 0 Å². The Bertz CT molecular complexity index is 682. The molecule has 3 rings (SSSR count). The van der Waals surface area contributed by atoms with Crippen LogP contribution in [0.5, 0.6) is 5.75 Å². The zero-order valence-corrected chi connectivity index (χ0v) is 17.3. The maximum absolute atomic E-state index is 12.6. The van der Waals surface area contributed by atoms with Gasteiger partial charge in [0, 0.05) is 45.2 Å². The first kappa shape index (κ1) is 21.5. The molecule has 0 radical (unpaired) electrons. The summed E-state index contributed by atoms with van der Waals surface area (Å²) in [6.07, 6.45) is 2.72. The molecule has 2 heterocycles. The Labute approximate surface area is 172 Å². The number of carbonyl (C=O) groups excluding carboxylic acids is 2. The van der Waals surface area contributed by atoms with E-state index in [4.69, 9.17) is 9.47 Å². The average Bonchev–Trinajstić information content (AvgIpc) is 3.19. The van der Waals surface area contributed by atoms with Gasteiger partial charge in [-0.15, -0.1) is 0 Å². The van der Waals surface area contributed by atoms with Gasteiger partial charge in [0.25, 0.3) is 0 Å². The van der Waals surface area contributed by atoms with Crippen LogP contribution in [0.25, 0.3) is 0 Å². The molecule has 0 aromatic heterocycles. The smallest absolute Gasteiger partial charge is 0.224 e. The van der Waals surface area contributed by atoms with Crippen LogP contribution in [0.1, 0.15) is 24.8 Å². The molecule has 2 aliphatic rings. The number of methoxy groups -OCH3 is 2. The first-order chi connectivity index (χ1) is 14.1. The van der Waals surface area contributed by atoms with E-state index < -0.39 is 0 Å². The van der Waals surface area contributed by atoms with Gasteiger partial charge in [-0.05, 0) is 37.0 Å². The number of hydrogen-bond donors (Lipinski definition) is 3. The van der Waals surface area contributed by atoms with Crippen molar-refractivity contribution in [1.29, 1.82) is 0 Å². The predicted octanol–water partition coefficient (Wildman–Crippen LogP) is 0.474. The third kappa shape index (κ3) is 6.16. The Morgan fingerprint density at radius 2 is 1.97 bits per heavy atom. The number of ether oxygens (including phenoxy) is 2. The van der Waals surface area contributed by atoms with E-state index in [0.717, 1.165) is 24.2 Å². The molecular weight excluding hydrogens is 372 g/mol. The van der Waals surface area contributed by atoms with Crippen molar-refractivity contribution >= 4 is 11.8 Å². The molecule has 2 aliphatic heterocycles. The van der Waals surface area contributed by atoms with Crippen LogP contribution in [-0.2, 0) is 20.7 Å². The van der Waals surface area contributed by atoms with E-state index in [0.29, 0.717) is 39.1 Å². The Kier molecular flexibility index (Phi) is 7.85. The van der Waals surface area contributed by atoms with Gasteiger partial charge in [-0.25, -0.2) is 0 Å². The summed E-state index contributed by atoms with van der Waals surface area (Å²) < 4.78 is 10.3. The number of rotatable bonds is 9. The Balaban J connectivity index is 1.43. The summed E-state index contributed by atoms with van der Waals surface area (Å²) in [4.78, 5) is 26.7. The maximum Gasteiger partial charge on any atom is 0.224 e. The molecule has 1 aromatic rings. The minimum absolute atomic E-state index is 0.0314. The molecule has 3 N–H and O–H groups in total. The average molecular weight is 405 g/mol. The van der Waals surface area contributed by atoms with Crippen LogP contribution < -0.4 is 20.9 Å². The second-order valence-electron chi connectivity index (χ2n) is 7.79. The topological polar surface area (TPSA) is 91.9 Å². The lowest BCUT2D eigenvalue weighted by Gasteiger charge is -2.32. The fraction of sp³-hybridized carbons (Fsp3) is 0.619. The van der Waals surface area contributed by atoms with Crippen LogP contribution in [0.15, 0.2) is 24.3 Å². The highest BCUT2D eigenvalue weighted by Crippen LogP contribution is 2.19. The highest BCUT2D eigenvalue weighted by atomic mass is 16.5. The summed E-state index contributed by atoms with van der Waals surface area (Å²) in [5.41, 5.74) is 7.52. The summed E-state index contributed by atoms with van der Waals surface area (Å²) in [5.74, 6) is 0.836. The fourth-order valence-electron chi connectivity index (χ4n) is 3.91. The summed E-state index contributed by atoms with van der Waals surface area (Å²) in [6.45, 7) is 2.33. The van der Waals surface area contributed by atoms with Gasteiger partial charge in [0.2, 0.25) is 11.8 Å². The van der Waals surface area contributed by atoms with Gasteiger partial charge in [0.1, 0.15) is 5.75 Å². The SMILES string of the molecule is COCC1CC(CNC(=O)C2CCC(=O)N(CCc3ccc(OC)cc3)C2)NN1. The van der Waals surface area contributed by atoms with Crippen molar-refractivity contribution in [2.24, 2.45) is 5.92 Å². The minimum Gasteiger partial charge on any atom is -0.497 e. The maximum atomic E-state index is 12.6. The molecule has 0 aliphatic carbocycles. The quantitative estimate of drug-likeness (QED) is 0.554. The van der Waals surface area contributed by atoms with E-state index in [1.165, 1.54) is 0 Å². The van der Waals surface area contributed by atoms with Crippen molar-refractivity contribution in [1.82, 2.24) is 21.1 Å². The van der Waals surface area contributed by atoms with Gasteiger partial charge >= 0.3 is 0 Å². The van der Waals surface area contributed by atoms with Crippen LogP contribution >= 0.6 is 0 Å². The molecule has 3 atom stereocenters. The third-order valence-electron chi connectivity index (χ3n) is 5.65. The lowest BCUT2D eigenvalue weighted by Crippen LogP contribution is -2.48. The van der Waals surface area contributed by atoms with Gasteiger partial charge in [-0.1, -0.05) is 12.1 Å².